The van der Waals surface area contributed by atoms with Crippen LogP contribution in [0, 0.1) is 0 Å². The Labute approximate surface area is 137 Å². The number of anilines is 1. The number of hydrogen-bond acceptors (Lipinski definition) is 5. The van der Waals surface area contributed by atoms with E-state index in [1.807, 2.05) is 17.5 Å². The molecule has 1 aromatic carbocycles. The van der Waals surface area contributed by atoms with Crippen molar-refractivity contribution in [3.63, 3.8) is 0 Å². The molecule has 0 saturated heterocycles. The Morgan fingerprint density at radius 3 is 2.82 bits per heavy atom. The molecule has 0 spiro atoms. The second kappa shape index (κ2) is 7.82. The van der Waals surface area contributed by atoms with Crippen LogP contribution in [0.4, 0.5) is 5.69 Å². The van der Waals surface area contributed by atoms with Gasteiger partial charge >= 0.3 is 5.97 Å². The van der Waals surface area contributed by atoms with Crippen molar-refractivity contribution >= 4 is 40.5 Å². The van der Waals surface area contributed by atoms with Gasteiger partial charge in [-0.1, -0.05) is 17.7 Å². The van der Waals surface area contributed by atoms with Gasteiger partial charge in [0, 0.05) is 10.6 Å². The summed E-state index contributed by atoms with van der Waals surface area (Å²) in [6, 6.07) is 8.73. The van der Waals surface area contributed by atoms with Crippen LogP contribution >= 0.6 is 22.9 Å². The molecule has 0 radical (unpaired) electrons. The molecule has 0 unspecified atom stereocenters. The molecule has 2 aromatic rings. The van der Waals surface area contributed by atoms with Crippen molar-refractivity contribution < 1.29 is 14.3 Å². The number of ether oxygens (including phenoxy) is 1. The molecular weight excluding hydrogens is 324 g/mol. The van der Waals surface area contributed by atoms with Gasteiger partial charge in [-0.05, 0) is 29.6 Å². The van der Waals surface area contributed by atoms with Crippen molar-refractivity contribution in [1.82, 2.24) is 5.32 Å². The van der Waals surface area contributed by atoms with E-state index in [9.17, 15) is 9.59 Å². The van der Waals surface area contributed by atoms with Crippen LogP contribution < -0.4 is 10.6 Å². The molecule has 1 amide bonds. The first-order valence-corrected chi connectivity index (χ1v) is 7.76. The predicted octanol–water partition coefficient (Wildman–Crippen LogP) is 2.92. The number of nitrogens with one attached hydrogen (secondary N) is 2. The summed E-state index contributed by atoms with van der Waals surface area (Å²) in [7, 11) is 1.29. The van der Waals surface area contributed by atoms with Crippen LogP contribution in [0.1, 0.15) is 15.2 Å². The quantitative estimate of drug-likeness (QED) is 0.795. The fourth-order valence-corrected chi connectivity index (χ4v) is 2.58. The summed E-state index contributed by atoms with van der Waals surface area (Å²) < 4.78 is 4.65. The smallest absolute Gasteiger partial charge is 0.339 e. The molecule has 116 valence electrons. The highest BCUT2D eigenvalue weighted by atomic mass is 35.5. The van der Waals surface area contributed by atoms with E-state index in [4.69, 9.17) is 11.6 Å². The van der Waals surface area contributed by atoms with Crippen LogP contribution in [0.25, 0.3) is 0 Å². The number of esters is 1. The summed E-state index contributed by atoms with van der Waals surface area (Å²) in [6.45, 7) is 0.611. The topological polar surface area (TPSA) is 67.4 Å². The van der Waals surface area contributed by atoms with Crippen molar-refractivity contribution in [3.8, 4) is 0 Å². The van der Waals surface area contributed by atoms with E-state index in [0.717, 1.165) is 4.88 Å². The lowest BCUT2D eigenvalue weighted by Crippen LogP contribution is -2.29. The van der Waals surface area contributed by atoms with E-state index < -0.39 is 5.97 Å². The fourth-order valence-electron chi connectivity index (χ4n) is 1.75. The number of amides is 1. The number of rotatable bonds is 6. The molecule has 2 rings (SSSR count). The summed E-state index contributed by atoms with van der Waals surface area (Å²) >= 11 is 7.52. The number of carbonyl (C=O) groups is 2. The number of thiophene rings is 1. The molecular formula is C15H15ClN2O3S. The Hall–Kier alpha value is -2.05. The lowest BCUT2D eigenvalue weighted by Gasteiger charge is -2.09. The van der Waals surface area contributed by atoms with Crippen molar-refractivity contribution in [1.29, 1.82) is 0 Å². The van der Waals surface area contributed by atoms with E-state index in [0.29, 0.717) is 17.3 Å². The molecule has 0 saturated carbocycles. The summed E-state index contributed by atoms with van der Waals surface area (Å²) in [6.07, 6.45) is 0. The third-order valence-electron chi connectivity index (χ3n) is 2.86. The SMILES string of the molecule is COC(=O)c1cc(NCC(=O)NCc2cccs2)ccc1Cl. The number of halogens is 1. The summed E-state index contributed by atoms with van der Waals surface area (Å²) in [5, 5.41) is 8.02. The van der Waals surface area contributed by atoms with Gasteiger partial charge < -0.3 is 15.4 Å². The average molecular weight is 339 g/mol. The van der Waals surface area contributed by atoms with Crippen LogP contribution in [0.5, 0.6) is 0 Å². The van der Waals surface area contributed by atoms with Gasteiger partial charge in [-0.2, -0.15) is 0 Å². The zero-order valence-corrected chi connectivity index (χ0v) is 13.5. The van der Waals surface area contributed by atoms with Crippen molar-refractivity contribution in [3.05, 3.63) is 51.2 Å². The van der Waals surface area contributed by atoms with Crippen LogP contribution in [-0.2, 0) is 16.1 Å². The largest absolute Gasteiger partial charge is 0.465 e. The highest BCUT2D eigenvalue weighted by Gasteiger charge is 2.11. The fraction of sp³-hybridized carbons (Fsp3) is 0.200. The van der Waals surface area contributed by atoms with Crippen LogP contribution in [0.2, 0.25) is 5.02 Å². The standard InChI is InChI=1S/C15H15ClN2O3S/c1-21-15(20)12-7-10(4-5-13(12)16)17-9-14(19)18-8-11-3-2-6-22-11/h2-7,17H,8-9H2,1H3,(H,18,19). The Morgan fingerprint density at radius 2 is 2.14 bits per heavy atom. The highest BCUT2D eigenvalue weighted by molar-refractivity contribution is 7.09. The van der Waals surface area contributed by atoms with E-state index in [2.05, 4.69) is 15.4 Å². The molecule has 1 heterocycles. The second-order valence-corrected chi connectivity index (χ2v) is 5.84. The molecule has 0 aliphatic heterocycles. The number of hydrogen-bond donors (Lipinski definition) is 2. The lowest BCUT2D eigenvalue weighted by atomic mass is 10.2. The number of methoxy groups -OCH3 is 1. The first-order chi connectivity index (χ1) is 10.6. The van der Waals surface area contributed by atoms with Crippen molar-refractivity contribution in [2.75, 3.05) is 19.0 Å². The Bertz CT molecular complexity index is 659. The molecule has 0 aliphatic rings. The van der Waals surface area contributed by atoms with Gasteiger partial charge in [0.1, 0.15) is 0 Å². The molecule has 0 fully saturated rings. The molecule has 2 N–H and O–H groups in total. The minimum atomic E-state index is -0.518. The normalized spacial score (nSPS) is 10.1. The molecule has 22 heavy (non-hydrogen) atoms. The third kappa shape index (κ3) is 4.47. The second-order valence-electron chi connectivity index (χ2n) is 4.40. The van der Waals surface area contributed by atoms with E-state index in [-0.39, 0.29) is 18.0 Å². The summed E-state index contributed by atoms with van der Waals surface area (Å²) in [4.78, 5) is 24.4. The Balaban J connectivity index is 1.88. The maximum atomic E-state index is 11.8. The summed E-state index contributed by atoms with van der Waals surface area (Å²) in [5.41, 5.74) is 0.879. The Morgan fingerprint density at radius 1 is 1.32 bits per heavy atom. The molecule has 0 atom stereocenters. The van der Waals surface area contributed by atoms with Crippen molar-refractivity contribution in [2.45, 2.75) is 6.54 Å². The zero-order chi connectivity index (χ0) is 15.9. The van der Waals surface area contributed by atoms with Crippen LogP contribution in [0.15, 0.2) is 35.7 Å². The van der Waals surface area contributed by atoms with Gasteiger partial charge in [-0.3, -0.25) is 4.79 Å². The van der Waals surface area contributed by atoms with Gasteiger partial charge in [0.25, 0.3) is 0 Å². The third-order valence-corrected chi connectivity index (χ3v) is 4.07. The lowest BCUT2D eigenvalue weighted by molar-refractivity contribution is -0.119. The first kappa shape index (κ1) is 16.3. The molecule has 0 bridgehead atoms. The van der Waals surface area contributed by atoms with E-state index in [1.54, 1.807) is 29.5 Å². The van der Waals surface area contributed by atoms with Gasteiger partial charge in [-0.25, -0.2) is 4.79 Å². The zero-order valence-electron chi connectivity index (χ0n) is 11.9. The van der Waals surface area contributed by atoms with Gasteiger partial charge in [0.15, 0.2) is 0 Å². The van der Waals surface area contributed by atoms with Gasteiger partial charge in [-0.15, -0.1) is 11.3 Å². The van der Waals surface area contributed by atoms with E-state index in [1.165, 1.54) is 7.11 Å². The van der Waals surface area contributed by atoms with Crippen LogP contribution in [-0.4, -0.2) is 25.5 Å². The number of benzene rings is 1. The molecule has 0 aliphatic carbocycles. The predicted molar refractivity (Wildman–Crippen MR) is 87.4 cm³/mol. The maximum Gasteiger partial charge on any atom is 0.339 e. The molecule has 7 heteroatoms. The summed E-state index contributed by atoms with van der Waals surface area (Å²) in [5.74, 6) is -0.654. The number of carbonyl (C=O) groups excluding carboxylic acids is 2. The van der Waals surface area contributed by atoms with Crippen molar-refractivity contribution in [2.24, 2.45) is 0 Å². The van der Waals surface area contributed by atoms with Crippen LogP contribution in [0.3, 0.4) is 0 Å². The monoisotopic (exact) mass is 338 g/mol. The van der Waals surface area contributed by atoms with Gasteiger partial charge in [0.2, 0.25) is 5.91 Å². The Kier molecular flexibility index (Phi) is 5.80. The maximum absolute atomic E-state index is 11.8. The highest BCUT2D eigenvalue weighted by Crippen LogP contribution is 2.21. The van der Waals surface area contributed by atoms with E-state index >= 15 is 0 Å². The molecule has 5 nitrogen and oxygen atoms in total. The minimum absolute atomic E-state index is 0.105. The average Bonchev–Trinajstić information content (AvgIpc) is 3.04. The van der Waals surface area contributed by atoms with Gasteiger partial charge in [0.05, 0.1) is 30.8 Å². The first-order valence-electron chi connectivity index (χ1n) is 6.51. The minimum Gasteiger partial charge on any atom is -0.465 e. The molecule has 1 aromatic heterocycles.